The molecule has 1 radical (unpaired) electrons. The molecule has 0 saturated heterocycles. The van der Waals surface area contributed by atoms with E-state index in [0.29, 0.717) is 18.1 Å². The van der Waals surface area contributed by atoms with E-state index in [-0.39, 0.29) is 6.61 Å². The summed E-state index contributed by atoms with van der Waals surface area (Å²) in [6.07, 6.45) is 1.64. The van der Waals surface area contributed by atoms with Gasteiger partial charge in [0, 0.05) is 11.6 Å². The Morgan fingerprint density at radius 1 is 1.54 bits per heavy atom. The maximum Gasteiger partial charge on any atom is 0.239 e. The largest absolute Gasteiger partial charge is 0.485 e. The third kappa shape index (κ3) is 1.62. The monoisotopic (exact) mass is 179 g/mol. The van der Waals surface area contributed by atoms with Crippen LogP contribution in [0.2, 0.25) is 0 Å². The highest BCUT2D eigenvalue weighted by Gasteiger charge is 2.13. The highest BCUT2D eigenvalue weighted by atomic mass is 17.2. The van der Waals surface area contributed by atoms with Gasteiger partial charge in [-0.05, 0) is 12.1 Å². The number of hydrogen-bond acceptors (Lipinski definition) is 4. The zero-order valence-electron chi connectivity index (χ0n) is 6.78. The Morgan fingerprint density at radius 2 is 2.46 bits per heavy atom. The minimum Gasteiger partial charge on any atom is -0.485 e. The molecule has 0 fully saturated rings. The molecule has 1 heterocycles. The lowest BCUT2D eigenvalue weighted by atomic mass is 10.2. The fourth-order valence-electron chi connectivity index (χ4n) is 1.09. The van der Waals surface area contributed by atoms with E-state index in [9.17, 15) is 4.79 Å². The summed E-state index contributed by atoms with van der Waals surface area (Å²) in [5.41, 5.74) is 0.974. The number of benzene rings is 1. The Kier molecular flexibility index (Phi) is 2.14. The fraction of sp³-hybridized carbons (Fsp3) is 0.222. The van der Waals surface area contributed by atoms with Crippen LogP contribution in [0.25, 0.3) is 0 Å². The van der Waals surface area contributed by atoms with Gasteiger partial charge < -0.3 is 9.62 Å². The van der Waals surface area contributed by atoms with Crippen molar-refractivity contribution >= 4 is 6.29 Å². The molecule has 0 aromatic heterocycles. The van der Waals surface area contributed by atoms with Gasteiger partial charge in [0.15, 0.2) is 12.4 Å². The molecule has 4 heteroatoms. The number of carbonyl (C=O) groups excluding carboxylic acids is 1. The SMILES string of the molecule is O=[C]COc1ccc2c(c1)OOC2. The lowest BCUT2D eigenvalue weighted by Gasteiger charge is -2.01. The molecule has 0 amide bonds. The van der Waals surface area contributed by atoms with E-state index in [2.05, 4.69) is 0 Å². The summed E-state index contributed by atoms with van der Waals surface area (Å²) in [7, 11) is 0. The summed E-state index contributed by atoms with van der Waals surface area (Å²) in [4.78, 5) is 19.5. The molecule has 1 aliphatic heterocycles. The number of fused-ring (bicyclic) bond motifs is 1. The summed E-state index contributed by atoms with van der Waals surface area (Å²) >= 11 is 0. The quantitative estimate of drug-likeness (QED) is 0.649. The first-order valence-electron chi connectivity index (χ1n) is 3.80. The van der Waals surface area contributed by atoms with Gasteiger partial charge in [0.05, 0.1) is 0 Å². The second-order valence-electron chi connectivity index (χ2n) is 2.55. The molecule has 1 aliphatic rings. The standard InChI is InChI=1S/C9H7O4/c10-3-4-11-8-2-1-7-6-12-13-9(7)5-8/h1-2,5H,4,6H2. The average Bonchev–Trinajstić information content (AvgIpc) is 2.61. The second kappa shape index (κ2) is 3.45. The lowest BCUT2D eigenvalue weighted by Crippen LogP contribution is -1.97. The van der Waals surface area contributed by atoms with Crippen LogP contribution in [0.15, 0.2) is 18.2 Å². The van der Waals surface area contributed by atoms with Crippen molar-refractivity contribution in [1.29, 1.82) is 0 Å². The Bertz CT molecular complexity index is 321. The summed E-state index contributed by atoms with van der Waals surface area (Å²) in [6, 6.07) is 5.27. The second-order valence-corrected chi connectivity index (χ2v) is 2.55. The van der Waals surface area contributed by atoms with Crippen molar-refractivity contribution in [3.05, 3.63) is 23.8 Å². The van der Waals surface area contributed by atoms with E-state index in [1.54, 1.807) is 18.4 Å². The van der Waals surface area contributed by atoms with Crippen LogP contribution in [0.4, 0.5) is 0 Å². The predicted octanol–water partition coefficient (Wildman–Crippen LogP) is 0.999. The molecule has 0 aliphatic carbocycles. The zero-order valence-corrected chi connectivity index (χ0v) is 6.78. The van der Waals surface area contributed by atoms with Gasteiger partial charge in [-0.25, -0.2) is 0 Å². The van der Waals surface area contributed by atoms with E-state index in [1.165, 1.54) is 0 Å². The summed E-state index contributed by atoms with van der Waals surface area (Å²) in [5, 5.41) is 0. The molecule has 1 aromatic rings. The highest BCUT2D eigenvalue weighted by molar-refractivity contribution is 5.52. The third-order valence-corrected chi connectivity index (χ3v) is 1.70. The van der Waals surface area contributed by atoms with Gasteiger partial charge in [0.2, 0.25) is 6.29 Å². The van der Waals surface area contributed by atoms with Gasteiger partial charge in [0.1, 0.15) is 12.4 Å². The molecule has 4 nitrogen and oxygen atoms in total. The van der Waals surface area contributed by atoms with Gasteiger partial charge in [-0.1, -0.05) is 0 Å². The van der Waals surface area contributed by atoms with Crippen LogP contribution < -0.4 is 9.62 Å². The van der Waals surface area contributed by atoms with Crippen molar-refractivity contribution < 1.29 is 19.3 Å². The van der Waals surface area contributed by atoms with E-state index in [0.717, 1.165) is 5.56 Å². The number of hydrogen-bond donors (Lipinski definition) is 0. The van der Waals surface area contributed by atoms with Crippen molar-refractivity contribution in [2.45, 2.75) is 6.61 Å². The lowest BCUT2D eigenvalue weighted by molar-refractivity contribution is -0.194. The first kappa shape index (κ1) is 8.07. The smallest absolute Gasteiger partial charge is 0.239 e. The summed E-state index contributed by atoms with van der Waals surface area (Å²) < 4.78 is 5.02. The Labute approximate surface area is 75.0 Å². The van der Waals surface area contributed by atoms with E-state index < -0.39 is 0 Å². The summed E-state index contributed by atoms with van der Waals surface area (Å²) in [5.74, 6) is 1.22. The topological polar surface area (TPSA) is 44.8 Å². The molecule has 0 unspecified atom stereocenters. The van der Waals surface area contributed by atoms with Crippen LogP contribution in [0.1, 0.15) is 5.56 Å². The molecule has 0 atom stereocenters. The number of ether oxygens (including phenoxy) is 1. The van der Waals surface area contributed by atoms with Gasteiger partial charge in [-0.3, -0.25) is 4.79 Å². The normalized spacial score (nSPS) is 13.2. The molecular weight excluding hydrogens is 172 g/mol. The third-order valence-electron chi connectivity index (χ3n) is 1.70. The highest BCUT2D eigenvalue weighted by Crippen LogP contribution is 2.29. The van der Waals surface area contributed by atoms with E-state index >= 15 is 0 Å². The van der Waals surface area contributed by atoms with Crippen molar-refractivity contribution in [2.75, 3.05) is 6.61 Å². The van der Waals surface area contributed by atoms with Crippen molar-refractivity contribution in [3.63, 3.8) is 0 Å². The molecule has 0 saturated carbocycles. The molecule has 1 aromatic carbocycles. The molecular formula is C9H7O4. The molecule has 0 spiro atoms. The van der Waals surface area contributed by atoms with Gasteiger partial charge in [0.25, 0.3) is 0 Å². The maximum absolute atomic E-state index is 9.91. The summed E-state index contributed by atoms with van der Waals surface area (Å²) in [6.45, 7) is 0.384. The van der Waals surface area contributed by atoms with Crippen molar-refractivity contribution in [3.8, 4) is 11.5 Å². The molecule has 13 heavy (non-hydrogen) atoms. The van der Waals surface area contributed by atoms with Crippen LogP contribution in [-0.2, 0) is 16.3 Å². The van der Waals surface area contributed by atoms with Crippen molar-refractivity contribution in [1.82, 2.24) is 0 Å². The molecule has 67 valence electrons. The Morgan fingerprint density at radius 3 is 3.31 bits per heavy atom. The van der Waals surface area contributed by atoms with Crippen LogP contribution in [0.3, 0.4) is 0 Å². The number of rotatable bonds is 3. The average molecular weight is 179 g/mol. The molecule has 0 N–H and O–H groups in total. The zero-order chi connectivity index (χ0) is 9.10. The van der Waals surface area contributed by atoms with Crippen LogP contribution in [-0.4, -0.2) is 12.9 Å². The van der Waals surface area contributed by atoms with Gasteiger partial charge in [-0.15, -0.1) is 0 Å². The van der Waals surface area contributed by atoms with Crippen molar-refractivity contribution in [2.24, 2.45) is 0 Å². The Hall–Kier alpha value is -1.55. The van der Waals surface area contributed by atoms with E-state index in [1.807, 2.05) is 6.07 Å². The Balaban J connectivity index is 2.16. The van der Waals surface area contributed by atoms with Crippen LogP contribution in [0, 0.1) is 0 Å². The first-order chi connectivity index (χ1) is 6.40. The maximum atomic E-state index is 9.91. The minimum atomic E-state index is -0.0698. The molecule has 0 bridgehead atoms. The van der Waals surface area contributed by atoms with Crippen LogP contribution >= 0.6 is 0 Å². The fourth-order valence-corrected chi connectivity index (χ4v) is 1.09. The molecule has 2 rings (SSSR count). The minimum absolute atomic E-state index is 0.0698. The van der Waals surface area contributed by atoms with E-state index in [4.69, 9.17) is 14.5 Å². The van der Waals surface area contributed by atoms with Gasteiger partial charge >= 0.3 is 0 Å². The van der Waals surface area contributed by atoms with Crippen LogP contribution in [0.5, 0.6) is 11.5 Å². The predicted molar refractivity (Wildman–Crippen MR) is 43.0 cm³/mol. The van der Waals surface area contributed by atoms with Gasteiger partial charge in [-0.2, -0.15) is 4.89 Å². The first-order valence-corrected chi connectivity index (χ1v) is 3.80.